The molecule has 1 atom stereocenters. The molecule has 0 aliphatic rings. The molecule has 0 unspecified atom stereocenters. The van der Waals surface area contributed by atoms with E-state index in [1.165, 1.54) is 11.3 Å². The molecule has 0 aliphatic carbocycles. The topological polar surface area (TPSA) is 134 Å². The number of primary amides is 1. The van der Waals surface area contributed by atoms with E-state index in [1.54, 1.807) is 10.9 Å². The van der Waals surface area contributed by atoms with Gasteiger partial charge in [-0.15, -0.1) is 11.3 Å². The summed E-state index contributed by atoms with van der Waals surface area (Å²) in [7, 11) is 0. The molecule has 1 heterocycles. The van der Waals surface area contributed by atoms with Crippen molar-refractivity contribution in [1.29, 1.82) is 0 Å². The lowest BCUT2D eigenvalue weighted by Gasteiger charge is -2.14. The third kappa shape index (κ3) is 5.82. The van der Waals surface area contributed by atoms with Crippen LogP contribution in [0.5, 0.6) is 0 Å². The maximum Gasteiger partial charge on any atom is 0.326 e. The number of nitrogens with one attached hydrogen (secondary N) is 2. The highest BCUT2D eigenvalue weighted by Crippen LogP contribution is 2.00. The van der Waals surface area contributed by atoms with E-state index in [0.717, 1.165) is 0 Å². The van der Waals surface area contributed by atoms with E-state index in [4.69, 9.17) is 10.8 Å². The van der Waals surface area contributed by atoms with E-state index < -0.39 is 23.9 Å². The summed E-state index contributed by atoms with van der Waals surface area (Å²) < 4.78 is 0. The van der Waals surface area contributed by atoms with Gasteiger partial charge in [0.1, 0.15) is 6.04 Å². The van der Waals surface area contributed by atoms with E-state index in [9.17, 15) is 14.4 Å². The number of carboxylic acid groups (broad SMARTS) is 1. The molecule has 3 amide bonds. The molecular weight excluding hydrogens is 272 g/mol. The molecule has 1 rings (SSSR count). The van der Waals surface area contributed by atoms with Gasteiger partial charge in [0.2, 0.25) is 5.91 Å². The van der Waals surface area contributed by atoms with E-state index in [1.807, 2.05) is 0 Å². The molecule has 8 nitrogen and oxygen atoms in total. The van der Waals surface area contributed by atoms with Gasteiger partial charge >= 0.3 is 12.0 Å². The average Bonchev–Trinajstić information content (AvgIpc) is 2.84. The molecule has 5 N–H and O–H groups in total. The summed E-state index contributed by atoms with van der Waals surface area (Å²) in [6.45, 7) is 0.206. The van der Waals surface area contributed by atoms with Crippen LogP contribution in [-0.2, 0) is 16.1 Å². The van der Waals surface area contributed by atoms with E-state index in [0.29, 0.717) is 5.69 Å². The van der Waals surface area contributed by atoms with Gasteiger partial charge in [0.25, 0.3) is 0 Å². The van der Waals surface area contributed by atoms with Crippen LogP contribution in [0.1, 0.15) is 18.5 Å². The number of carbonyl (C=O) groups is 3. The van der Waals surface area contributed by atoms with Gasteiger partial charge in [0.15, 0.2) is 0 Å². The molecule has 19 heavy (non-hydrogen) atoms. The Bertz CT molecular complexity index is 448. The summed E-state index contributed by atoms with van der Waals surface area (Å²) in [4.78, 5) is 36.9. The van der Waals surface area contributed by atoms with Gasteiger partial charge in [-0.3, -0.25) is 4.79 Å². The minimum absolute atomic E-state index is 0.0468. The first kappa shape index (κ1) is 14.9. The number of rotatable bonds is 7. The fraction of sp³-hybridized carbons (Fsp3) is 0.400. The normalized spacial score (nSPS) is 11.6. The van der Waals surface area contributed by atoms with Crippen molar-refractivity contribution in [2.24, 2.45) is 5.73 Å². The number of urea groups is 1. The summed E-state index contributed by atoms with van der Waals surface area (Å²) in [6.07, 6.45) is -0.155. The molecular formula is C10H14N4O4S. The van der Waals surface area contributed by atoms with Crippen molar-refractivity contribution in [3.63, 3.8) is 0 Å². The number of aliphatic carboxylic acids is 1. The number of carbonyl (C=O) groups excluding carboxylic acids is 2. The Labute approximate surface area is 113 Å². The average molecular weight is 286 g/mol. The van der Waals surface area contributed by atoms with Crippen molar-refractivity contribution >= 4 is 29.2 Å². The largest absolute Gasteiger partial charge is 0.480 e. The summed E-state index contributed by atoms with van der Waals surface area (Å²) in [5.74, 6) is -1.83. The molecule has 1 aromatic heterocycles. The van der Waals surface area contributed by atoms with Crippen LogP contribution in [0.2, 0.25) is 0 Å². The molecule has 0 aliphatic heterocycles. The van der Waals surface area contributed by atoms with Crippen molar-refractivity contribution in [1.82, 2.24) is 15.6 Å². The lowest BCUT2D eigenvalue weighted by atomic mass is 10.1. The second kappa shape index (κ2) is 7.31. The number of hydrogen-bond acceptors (Lipinski definition) is 5. The zero-order valence-electron chi connectivity index (χ0n) is 9.96. The molecule has 1 aromatic rings. The van der Waals surface area contributed by atoms with Crippen LogP contribution in [0, 0.1) is 0 Å². The molecule has 0 saturated carbocycles. The lowest BCUT2D eigenvalue weighted by Crippen LogP contribution is -2.46. The molecule has 0 saturated heterocycles. The second-order valence-electron chi connectivity index (χ2n) is 3.70. The maximum atomic E-state index is 11.5. The number of nitrogens with zero attached hydrogens (tertiary/aromatic N) is 1. The van der Waals surface area contributed by atoms with E-state index in [2.05, 4.69) is 15.6 Å². The first-order valence-electron chi connectivity index (χ1n) is 5.41. The zero-order chi connectivity index (χ0) is 14.3. The quantitative estimate of drug-likeness (QED) is 0.544. The smallest absolute Gasteiger partial charge is 0.326 e. The minimum Gasteiger partial charge on any atom is -0.480 e. The van der Waals surface area contributed by atoms with Crippen molar-refractivity contribution < 1.29 is 19.5 Å². The summed E-state index contributed by atoms with van der Waals surface area (Å²) >= 11 is 1.39. The number of thiazole rings is 1. The lowest BCUT2D eigenvalue weighted by molar-refractivity contribution is -0.139. The third-order valence-electron chi connectivity index (χ3n) is 2.20. The van der Waals surface area contributed by atoms with Crippen molar-refractivity contribution in [2.75, 3.05) is 0 Å². The summed E-state index contributed by atoms with van der Waals surface area (Å²) in [6, 6.07) is -1.78. The SMILES string of the molecule is NC(=O)CC[C@H](NC(=O)NCc1cscn1)C(=O)O. The number of nitrogens with two attached hydrogens (primary N) is 1. The molecule has 0 radical (unpaired) electrons. The number of hydrogen-bond donors (Lipinski definition) is 4. The second-order valence-corrected chi connectivity index (χ2v) is 4.42. The predicted octanol–water partition coefficient (Wildman–Crippen LogP) is -0.339. The van der Waals surface area contributed by atoms with Gasteiger partial charge in [-0.05, 0) is 6.42 Å². The minimum atomic E-state index is -1.22. The van der Waals surface area contributed by atoms with Crippen LogP contribution in [0.3, 0.4) is 0 Å². The maximum absolute atomic E-state index is 11.5. The van der Waals surface area contributed by atoms with Crippen molar-refractivity contribution in [3.05, 3.63) is 16.6 Å². The zero-order valence-corrected chi connectivity index (χ0v) is 10.8. The van der Waals surface area contributed by atoms with Crippen LogP contribution in [0.15, 0.2) is 10.9 Å². The number of amides is 3. The molecule has 0 aromatic carbocycles. The predicted molar refractivity (Wildman–Crippen MR) is 67.3 cm³/mol. The van der Waals surface area contributed by atoms with Crippen molar-refractivity contribution in [3.8, 4) is 0 Å². The number of carboxylic acids is 1. The Hall–Kier alpha value is -2.16. The van der Waals surface area contributed by atoms with E-state index >= 15 is 0 Å². The Morgan fingerprint density at radius 1 is 1.47 bits per heavy atom. The molecule has 0 fully saturated rings. The van der Waals surface area contributed by atoms with Gasteiger partial charge in [0.05, 0.1) is 17.7 Å². The van der Waals surface area contributed by atoms with Crippen LogP contribution in [0.25, 0.3) is 0 Å². The fourth-order valence-corrected chi connectivity index (χ4v) is 1.81. The van der Waals surface area contributed by atoms with Crippen LogP contribution < -0.4 is 16.4 Å². The highest BCUT2D eigenvalue weighted by molar-refractivity contribution is 7.07. The first-order valence-corrected chi connectivity index (χ1v) is 6.36. The molecule has 0 bridgehead atoms. The fourth-order valence-electron chi connectivity index (χ4n) is 1.25. The highest BCUT2D eigenvalue weighted by Gasteiger charge is 2.20. The Kier molecular flexibility index (Phi) is 5.73. The van der Waals surface area contributed by atoms with Crippen molar-refractivity contribution in [2.45, 2.75) is 25.4 Å². The van der Waals surface area contributed by atoms with E-state index in [-0.39, 0.29) is 19.4 Å². The Morgan fingerprint density at radius 3 is 2.74 bits per heavy atom. The van der Waals surface area contributed by atoms with Gasteiger partial charge in [0, 0.05) is 11.8 Å². The Balaban J connectivity index is 2.38. The van der Waals surface area contributed by atoms with Gasteiger partial charge in [-0.1, -0.05) is 0 Å². The third-order valence-corrected chi connectivity index (χ3v) is 2.83. The van der Waals surface area contributed by atoms with Gasteiger partial charge in [-0.2, -0.15) is 0 Å². The molecule has 0 spiro atoms. The molecule has 104 valence electrons. The van der Waals surface area contributed by atoms with Crippen LogP contribution >= 0.6 is 11.3 Å². The van der Waals surface area contributed by atoms with Gasteiger partial charge < -0.3 is 21.5 Å². The summed E-state index contributed by atoms with van der Waals surface area (Å²) in [5.41, 5.74) is 7.24. The Morgan fingerprint density at radius 2 is 2.21 bits per heavy atom. The standard InChI is InChI=1S/C10H14N4O4S/c11-8(15)2-1-7(9(16)17)14-10(18)12-3-6-4-19-5-13-6/h4-5,7H,1-3H2,(H2,11,15)(H,16,17)(H2,12,14,18)/t7-/m0/s1. The number of aromatic nitrogens is 1. The summed E-state index contributed by atoms with van der Waals surface area (Å²) in [5, 5.41) is 15.4. The monoisotopic (exact) mass is 286 g/mol. The first-order chi connectivity index (χ1) is 8.99. The molecule has 9 heteroatoms. The van der Waals surface area contributed by atoms with Crippen LogP contribution in [-0.4, -0.2) is 34.0 Å². The van der Waals surface area contributed by atoms with Crippen LogP contribution in [0.4, 0.5) is 4.79 Å². The van der Waals surface area contributed by atoms with Gasteiger partial charge in [-0.25, -0.2) is 14.6 Å². The highest BCUT2D eigenvalue weighted by atomic mass is 32.1.